The van der Waals surface area contributed by atoms with Gasteiger partial charge in [0.1, 0.15) is 0 Å². The van der Waals surface area contributed by atoms with Gasteiger partial charge in [-0.25, -0.2) is 0 Å². The van der Waals surface area contributed by atoms with Crippen molar-refractivity contribution in [1.29, 1.82) is 0 Å². The van der Waals surface area contributed by atoms with E-state index in [2.05, 4.69) is 36.0 Å². The fourth-order valence-electron chi connectivity index (χ4n) is 3.25. The molecule has 0 saturated heterocycles. The van der Waals surface area contributed by atoms with Crippen molar-refractivity contribution < 1.29 is 0 Å². The van der Waals surface area contributed by atoms with E-state index in [1.807, 2.05) is 24.1 Å². The van der Waals surface area contributed by atoms with Crippen LogP contribution in [0.3, 0.4) is 0 Å². The highest BCUT2D eigenvalue weighted by molar-refractivity contribution is 6.32. The van der Waals surface area contributed by atoms with E-state index in [1.165, 1.54) is 24.1 Å². The van der Waals surface area contributed by atoms with E-state index < -0.39 is 0 Å². The van der Waals surface area contributed by atoms with Crippen LogP contribution in [0.4, 0.5) is 5.69 Å². The number of halogens is 1. The SMILES string of the molecule is CCCC(C)N1CCc2c(Cl)cc(-c3cnn(C)c3)cc21. The number of hydrogen-bond donors (Lipinski definition) is 0. The van der Waals surface area contributed by atoms with Gasteiger partial charge in [-0.3, -0.25) is 4.68 Å². The molecule has 1 unspecified atom stereocenters. The zero-order valence-corrected chi connectivity index (χ0v) is 13.7. The van der Waals surface area contributed by atoms with Crippen LogP contribution in [0, 0.1) is 0 Å². The summed E-state index contributed by atoms with van der Waals surface area (Å²) in [4.78, 5) is 2.50. The second-order valence-corrected chi connectivity index (χ2v) is 6.35. The molecule has 4 heteroatoms. The Morgan fingerprint density at radius 2 is 2.14 bits per heavy atom. The molecule has 21 heavy (non-hydrogen) atoms. The summed E-state index contributed by atoms with van der Waals surface area (Å²) in [5.41, 5.74) is 4.88. The van der Waals surface area contributed by atoms with Gasteiger partial charge in [0.2, 0.25) is 0 Å². The lowest BCUT2D eigenvalue weighted by atomic mass is 10.0. The van der Waals surface area contributed by atoms with E-state index >= 15 is 0 Å². The van der Waals surface area contributed by atoms with E-state index in [0.29, 0.717) is 6.04 Å². The third-order valence-corrected chi connectivity index (χ3v) is 4.70. The van der Waals surface area contributed by atoms with Crippen LogP contribution in [0.5, 0.6) is 0 Å². The monoisotopic (exact) mass is 303 g/mol. The van der Waals surface area contributed by atoms with Gasteiger partial charge in [0.15, 0.2) is 0 Å². The highest BCUT2D eigenvalue weighted by atomic mass is 35.5. The molecule has 0 N–H and O–H groups in total. The molecule has 0 bridgehead atoms. The minimum atomic E-state index is 0.566. The molecule has 1 aromatic heterocycles. The zero-order chi connectivity index (χ0) is 15.0. The summed E-state index contributed by atoms with van der Waals surface area (Å²) in [5, 5.41) is 5.15. The number of anilines is 1. The molecule has 0 fully saturated rings. The molecule has 3 nitrogen and oxygen atoms in total. The van der Waals surface area contributed by atoms with Crippen molar-refractivity contribution in [2.24, 2.45) is 7.05 Å². The number of aromatic nitrogens is 2. The fourth-order valence-corrected chi connectivity index (χ4v) is 3.56. The summed E-state index contributed by atoms with van der Waals surface area (Å²) in [6.07, 6.45) is 7.41. The minimum absolute atomic E-state index is 0.566. The maximum atomic E-state index is 6.52. The molecule has 0 saturated carbocycles. The summed E-state index contributed by atoms with van der Waals surface area (Å²) < 4.78 is 1.83. The summed E-state index contributed by atoms with van der Waals surface area (Å²) in [7, 11) is 1.94. The normalized spacial score (nSPS) is 15.3. The maximum Gasteiger partial charge on any atom is 0.0568 e. The average Bonchev–Trinajstić information content (AvgIpc) is 3.05. The Bertz CT molecular complexity index is 647. The Labute approximate surface area is 131 Å². The molecule has 0 amide bonds. The molecular formula is C17H22ClN3. The van der Waals surface area contributed by atoms with Crippen LogP contribution in [-0.2, 0) is 13.5 Å². The third-order valence-electron chi connectivity index (χ3n) is 4.36. The lowest BCUT2D eigenvalue weighted by molar-refractivity contribution is 0.595. The smallest absolute Gasteiger partial charge is 0.0568 e. The lowest BCUT2D eigenvalue weighted by Crippen LogP contribution is -2.31. The molecule has 1 aliphatic rings. The summed E-state index contributed by atoms with van der Waals surface area (Å²) in [6, 6.07) is 4.92. The van der Waals surface area contributed by atoms with E-state index in [4.69, 9.17) is 11.6 Å². The first-order valence-electron chi connectivity index (χ1n) is 7.68. The van der Waals surface area contributed by atoms with Crippen LogP contribution in [0.1, 0.15) is 32.3 Å². The van der Waals surface area contributed by atoms with Gasteiger partial charge < -0.3 is 4.90 Å². The predicted molar refractivity (Wildman–Crippen MR) is 89.1 cm³/mol. The Hall–Kier alpha value is -1.48. The molecule has 2 heterocycles. The van der Waals surface area contributed by atoms with Gasteiger partial charge in [0.25, 0.3) is 0 Å². The summed E-state index contributed by atoms with van der Waals surface area (Å²) >= 11 is 6.52. The standard InChI is InChI=1S/C17H22ClN3/c1-4-5-12(2)21-7-6-15-16(18)8-13(9-17(15)21)14-10-19-20(3)11-14/h8-12H,4-7H2,1-3H3. The van der Waals surface area contributed by atoms with Crippen LogP contribution in [0.15, 0.2) is 24.5 Å². The first-order chi connectivity index (χ1) is 10.1. The number of fused-ring (bicyclic) bond motifs is 1. The number of aryl methyl sites for hydroxylation is 1. The van der Waals surface area contributed by atoms with Crippen molar-refractivity contribution in [2.45, 2.75) is 39.2 Å². The van der Waals surface area contributed by atoms with Gasteiger partial charge in [0.05, 0.1) is 6.20 Å². The van der Waals surface area contributed by atoms with Crippen molar-refractivity contribution in [3.05, 3.63) is 35.1 Å². The van der Waals surface area contributed by atoms with E-state index in [-0.39, 0.29) is 0 Å². The fraction of sp³-hybridized carbons (Fsp3) is 0.471. The second-order valence-electron chi connectivity index (χ2n) is 5.94. The molecule has 0 spiro atoms. The summed E-state index contributed by atoms with van der Waals surface area (Å²) in [5.74, 6) is 0. The molecule has 112 valence electrons. The molecule has 0 aliphatic carbocycles. The number of rotatable bonds is 4. The number of nitrogens with zero attached hydrogens (tertiary/aromatic N) is 3. The van der Waals surface area contributed by atoms with Gasteiger partial charge in [-0.15, -0.1) is 0 Å². The van der Waals surface area contributed by atoms with E-state index in [0.717, 1.165) is 29.1 Å². The Morgan fingerprint density at radius 3 is 2.81 bits per heavy atom. The van der Waals surface area contributed by atoms with Crippen molar-refractivity contribution in [3.63, 3.8) is 0 Å². The molecule has 3 rings (SSSR count). The average molecular weight is 304 g/mol. The zero-order valence-electron chi connectivity index (χ0n) is 12.9. The van der Waals surface area contributed by atoms with Crippen LogP contribution in [-0.4, -0.2) is 22.4 Å². The van der Waals surface area contributed by atoms with Gasteiger partial charge in [0, 0.05) is 42.1 Å². The largest absolute Gasteiger partial charge is 0.368 e. The van der Waals surface area contributed by atoms with Gasteiger partial charge in [-0.2, -0.15) is 5.10 Å². The van der Waals surface area contributed by atoms with Gasteiger partial charge in [-0.05, 0) is 43.0 Å². The number of benzene rings is 1. The first kappa shape index (κ1) is 14.5. The van der Waals surface area contributed by atoms with Gasteiger partial charge >= 0.3 is 0 Å². The molecule has 1 atom stereocenters. The maximum absolute atomic E-state index is 6.52. The first-order valence-corrected chi connectivity index (χ1v) is 8.06. The van der Waals surface area contributed by atoms with Crippen LogP contribution >= 0.6 is 11.6 Å². The molecule has 1 aromatic carbocycles. The van der Waals surface area contributed by atoms with E-state index in [9.17, 15) is 0 Å². The molecule has 2 aromatic rings. The van der Waals surface area contributed by atoms with Crippen LogP contribution < -0.4 is 4.90 Å². The lowest BCUT2D eigenvalue weighted by Gasteiger charge is -2.27. The van der Waals surface area contributed by atoms with Crippen molar-refractivity contribution in [1.82, 2.24) is 9.78 Å². The minimum Gasteiger partial charge on any atom is -0.368 e. The quantitative estimate of drug-likeness (QED) is 0.840. The number of hydrogen-bond acceptors (Lipinski definition) is 2. The third kappa shape index (κ3) is 2.67. The predicted octanol–water partition coefficient (Wildman–Crippen LogP) is 4.29. The van der Waals surface area contributed by atoms with Crippen molar-refractivity contribution in [2.75, 3.05) is 11.4 Å². The molecule has 0 radical (unpaired) electrons. The van der Waals surface area contributed by atoms with Crippen LogP contribution in [0.2, 0.25) is 5.02 Å². The van der Waals surface area contributed by atoms with Crippen LogP contribution in [0.25, 0.3) is 11.1 Å². The highest BCUT2D eigenvalue weighted by Gasteiger charge is 2.25. The van der Waals surface area contributed by atoms with Crippen molar-refractivity contribution in [3.8, 4) is 11.1 Å². The van der Waals surface area contributed by atoms with Crippen molar-refractivity contribution >= 4 is 17.3 Å². The molecular weight excluding hydrogens is 282 g/mol. The topological polar surface area (TPSA) is 21.1 Å². The summed E-state index contributed by atoms with van der Waals surface area (Å²) in [6.45, 7) is 5.63. The highest BCUT2D eigenvalue weighted by Crippen LogP contribution is 2.39. The van der Waals surface area contributed by atoms with E-state index in [1.54, 1.807) is 0 Å². The van der Waals surface area contributed by atoms with Gasteiger partial charge in [-0.1, -0.05) is 24.9 Å². The Morgan fingerprint density at radius 1 is 1.33 bits per heavy atom. The molecule has 1 aliphatic heterocycles. The Kier molecular flexibility index (Phi) is 3.94. The second kappa shape index (κ2) is 5.72. The Balaban J connectivity index is 2.01.